The van der Waals surface area contributed by atoms with Crippen LogP contribution < -0.4 is 0 Å². The maximum Gasteiger partial charge on any atom is 0.356 e. The number of aromatic nitrogens is 3. The van der Waals surface area contributed by atoms with Crippen molar-refractivity contribution in [3.05, 3.63) is 84.3 Å². The molecular weight excluding hydrogens is 542 g/mol. The monoisotopic (exact) mass is 561 g/mol. The largest absolute Gasteiger partial charge is 0.476 e. The van der Waals surface area contributed by atoms with Crippen molar-refractivity contribution in [3.63, 3.8) is 0 Å². The fourth-order valence-corrected chi connectivity index (χ4v) is 3.31. The third-order valence-electron chi connectivity index (χ3n) is 4.56. The quantitative estimate of drug-likeness (QED) is 0.237. The van der Waals surface area contributed by atoms with Crippen LogP contribution in [0.15, 0.2) is 67.0 Å². The zero-order valence-electron chi connectivity index (χ0n) is 15.9. The Hall–Kier alpha value is -3.08. The van der Waals surface area contributed by atoms with E-state index >= 15 is 0 Å². The Labute approximate surface area is 181 Å². The van der Waals surface area contributed by atoms with Gasteiger partial charge < -0.3 is 10.1 Å². The Bertz CT molecular complexity index is 1290. The molecule has 0 spiro atoms. The molecule has 0 fully saturated rings. The normalized spacial score (nSPS) is 10.4. The number of pyridine rings is 1. The van der Waals surface area contributed by atoms with Crippen LogP contribution in [-0.2, 0) is 27.2 Å². The first-order chi connectivity index (χ1) is 13.5. The number of hydrogen-bond acceptors (Lipinski definition) is 3. The third kappa shape index (κ3) is 4.04. The number of carboxylic acid groups (broad SMARTS) is 1. The molecule has 0 amide bonds. The molecule has 0 unspecified atom stereocenters. The Morgan fingerprint density at radius 2 is 1.72 bits per heavy atom. The molecule has 2 heterocycles. The Morgan fingerprint density at radius 3 is 2.34 bits per heavy atom. The van der Waals surface area contributed by atoms with Gasteiger partial charge in [0.1, 0.15) is 0 Å². The molecule has 0 aliphatic carbocycles. The minimum atomic E-state index is -0.990. The van der Waals surface area contributed by atoms with E-state index in [4.69, 9.17) is 5.11 Å². The van der Waals surface area contributed by atoms with Crippen LogP contribution in [0.5, 0.6) is 0 Å². The first-order valence-electron chi connectivity index (χ1n) is 8.85. The van der Waals surface area contributed by atoms with E-state index in [1.807, 2.05) is 18.3 Å². The van der Waals surface area contributed by atoms with Gasteiger partial charge in [-0.25, -0.2) is 4.79 Å². The number of aryl methyl sites for hydroxylation is 2. The maximum atomic E-state index is 10.1. The van der Waals surface area contributed by atoms with Crippen molar-refractivity contribution in [2.45, 2.75) is 6.92 Å². The summed E-state index contributed by atoms with van der Waals surface area (Å²) in [6.45, 7) is 2.08. The standard InChI is InChI=1S/C18H12N.C5H6N2O2.Ir/c1-12-10-17-15-8-3-2-6-13(15)14-7-4-5-9-16(14)18(17)19-11-12;1-7-3-2-4(6-7)5(8)9;/h2-8,10-11H,1H3;2-3H,1H3,(H,8,9);/q-1;;. The summed E-state index contributed by atoms with van der Waals surface area (Å²) in [7, 11) is 1.67. The molecule has 0 bridgehead atoms. The van der Waals surface area contributed by atoms with Crippen LogP contribution in [0.3, 0.4) is 0 Å². The van der Waals surface area contributed by atoms with Crippen molar-refractivity contribution < 1.29 is 30.0 Å². The number of carbonyl (C=O) groups is 1. The first-order valence-corrected chi connectivity index (χ1v) is 8.85. The molecule has 5 rings (SSSR count). The van der Waals surface area contributed by atoms with Crippen molar-refractivity contribution in [1.29, 1.82) is 0 Å². The number of hydrogen-bond donors (Lipinski definition) is 1. The second kappa shape index (κ2) is 8.51. The average molecular weight is 561 g/mol. The molecule has 1 radical (unpaired) electrons. The van der Waals surface area contributed by atoms with Crippen molar-refractivity contribution >= 4 is 38.4 Å². The molecule has 1 N–H and O–H groups in total. The van der Waals surface area contributed by atoms with Crippen LogP contribution in [-0.4, -0.2) is 25.8 Å². The molecule has 0 aliphatic rings. The molecule has 0 saturated heterocycles. The molecule has 2 aromatic heterocycles. The SMILES string of the molecule is Cc1cnc2c3[c-]cccc3c3ccccc3c2c1.Cn1ccc(C(=O)O)n1.[Ir]. The van der Waals surface area contributed by atoms with E-state index in [9.17, 15) is 4.79 Å². The molecule has 0 atom stereocenters. The van der Waals surface area contributed by atoms with Crippen molar-refractivity contribution in [3.8, 4) is 0 Å². The molecular formula is C23H18IrN3O2-. The van der Waals surface area contributed by atoms with Crippen LogP contribution in [0.4, 0.5) is 0 Å². The van der Waals surface area contributed by atoms with Gasteiger partial charge in [-0.05, 0) is 34.8 Å². The predicted octanol–water partition coefficient (Wildman–Crippen LogP) is 4.77. The third-order valence-corrected chi connectivity index (χ3v) is 4.56. The van der Waals surface area contributed by atoms with Crippen LogP contribution in [0.25, 0.3) is 32.4 Å². The van der Waals surface area contributed by atoms with Crippen LogP contribution >= 0.6 is 0 Å². The van der Waals surface area contributed by atoms with Crippen molar-refractivity contribution in [2.75, 3.05) is 0 Å². The topological polar surface area (TPSA) is 68.0 Å². The van der Waals surface area contributed by atoms with Crippen LogP contribution in [0.2, 0.25) is 0 Å². The summed E-state index contributed by atoms with van der Waals surface area (Å²) in [6.07, 6.45) is 3.51. The molecule has 5 nitrogen and oxygen atoms in total. The van der Waals surface area contributed by atoms with Crippen LogP contribution in [0, 0.1) is 13.0 Å². The first kappa shape index (κ1) is 20.6. The summed E-state index contributed by atoms with van der Waals surface area (Å²) in [6, 6.07) is 21.7. The molecule has 3 aromatic carbocycles. The maximum absolute atomic E-state index is 10.1. The summed E-state index contributed by atoms with van der Waals surface area (Å²) < 4.78 is 1.45. The molecule has 147 valence electrons. The van der Waals surface area contributed by atoms with Gasteiger partial charge in [0.25, 0.3) is 0 Å². The molecule has 29 heavy (non-hydrogen) atoms. The zero-order chi connectivity index (χ0) is 19.7. The number of nitrogens with zero attached hydrogens (tertiary/aromatic N) is 3. The minimum Gasteiger partial charge on any atom is -0.476 e. The summed E-state index contributed by atoms with van der Waals surface area (Å²) in [5.74, 6) is -0.990. The number of carboxylic acids is 1. The number of aromatic carboxylic acids is 1. The van der Waals surface area contributed by atoms with Gasteiger partial charge in [-0.15, -0.1) is 29.7 Å². The van der Waals surface area contributed by atoms with E-state index in [1.54, 1.807) is 13.2 Å². The molecule has 0 saturated carbocycles. The Balaban J connectivity index is 0.000000205. The van der Waals surface area contributed by atoms with Gasteiger partial charge >= 0.3 is 5.97 Å². The molecule has 6 heteroatoms. The van der Waals surface area contributed by atoms with Crippen molar-refractivity contribution in [2.24, 2.45) is 7.05 Å². The Kier molecular flexibility index (Phi) is 6.06. The number of rotatable bonds is 1. The number of fused-ring (bicyclic) bond motifs is 6. The molecule has 0 aliphatic heterocycles. The molecule has 5 aromatic rings. The van der Waals surface area contributed by atoms with Gasteiger partial charge in [-0.3, -0.25) is 4.68 Å². The fourth-order valence-electron chi connectivity index (χ4n) is 3.31. The summed E-state index contributed by atoms with van der Waals surface area (Å²) >= 11 is 0. The zero-order valence-corrected chi connectivity index (χ0v) is 18.3. The van der Waals surface area contributed by atoms with E-state index in [1.165, 1.54) is 37.9 Å². The summed E-state index contributed by atoms with van der Waals surface area (Å²) in [5.41, 5.74) is 2.31. The predicted molar refractivity (Wildman–Crippen MR) is 110 cm³/mol. The van der Waals surface area contributed by atoms with Crippen molar-refractivity contribution in [1.82, 2.24) is 14.8 Å². The van der Waals surface area contributed by atoms with Gasteiger partial charge in [-0.1, -0.05) is 41.1 Å². The number of benzene rings is 3. The second-order valence-corrected chi connectivity index (χ2v) is 6.59. The van der Waals surface area contributed by atoms with E-state index in [2.05, 4.69) is 59.5 Å². The summed E-state index contributed by atoms with van der Waals surface area (Å²) in [4.78, 5) is 14.8. The van der Waals surface area contributed by atoms with Gasteiger partial charge in [0.2, 0.25) is 0 Å². The average Bonchev–Trinajstić information content (AvgIpc) is 3.15. The van der Waals surface area contributed by atoms with E-state index < -0.39 is 5.97 Å². The van der Waals surface area contributed by atoms with Gasteiger partial charge in [-0.2, -0.15) is 5.10 Å². The fraction of sp³-hybridized carbons (Fsp3) is 0.0870. The minimum absolute atomic E-state index is 0. The smallest absolute Gasteiger partial charge is 0.356 e. The van der Waals surface area contributed by atoms with E-state index in [0.717, 1.165) is 10.9 Å². The van der Waals surface area contributed by atoms with Gasteiger partial charge in [0, 0.05) is 39.5 Å². The van der Waals surface area contributed by atoms with Gasteiger partial charge in [0.15, 0.2) is 5.69 Å². The van der Waals surface area contributed by atoms with Crippen LogP contribution in [0.1, 0.15) is 16.1 Å². The Morgan fingerprint density at radius 1 is 1.03 bits per heavy atom. The van der Waals surface area contributed by atoms with Gasteiger partial charge in [0.05, 0.1) is 0 Å². The summed E-state index contributed by atoms with van der Waals surface area (Å²) in [5, 5.41) is 18.0. The van der Waals surface area contributed by atoms with E-state index in [-0.39, 0.29) is 25.8 Å². The van der Waals surface area contributed by atoms with E-state index in [0.29, 0.717) is 0 Å². The second-order valence-electron chi connectivity index (χ2n) is 6.59.